The Bertz CT molecular complexity index is 995. The molecule has 25 heavy (non-hydrogen) atoms. The van der Waals surface area contributed by atoms with Crippen LogP contribution in [0.4, 0.5) is 0 Å². The molecule has 0 amide bonds. The van der Waals surface area contributed by atoms with E-state index in [-0.39, 0.29) is 0 Å². The molecule has 3 nitrogen and oxygen atoms in total. The Hall–Kier alpha value is -3.33. The summed E-state index contributed by atoms with van der Waals surface area (Å²) >= 11 is 0. The summed E-state index contributed by atoms with van der Waals surface area (Å²) in [5, 5.41) is 2.08. The second-order valence-electron chi connectivity index (χ2n) is 5.68. The standard InChI is InChI=1S/C22H17NO2/c1-24-18-11-13-19(14-12-18)25-22-20-10-6-5-9-17(20)15-21(23-22)16-7-3-2-4-8-16/h2-15H,1H3. The molecule has 3 aromatic carbocycles. The maximum absolute atomic E-state index is 6.09. The molecule has 122 valence electrons. The molecule has 0 aliphatic heterocycles. The van der Waals surface area contributed by atoms with Crippen LogP contribution in [-0.4, -0.2) is 12.1 Å². The number of methoxy groups -OCH3 is 1. The average molecular weight is 327 g/mol. The Labute approximate surface area is 146 Å². The lowest BCUT2D eigenvalue weighted by atomic mass is 10.1. The summed E-state index contributed by atoms with van der Waals surface area (Å²) in [4.78, 5) is 4.76. The van der Waals surface area contributed by atoms with E-state index in [1.165, 1.54) is 0 Å². The molecular formula is C22H17NO2. The number of rotatable bonds is 4. The molecule has 0 radical (unpaired) electrons. The fourth-order valence-electron chi connectivity index (χ4n) is 2.76. The molecule has 0 aliphatic rings. The number of pyridine rings is 1. The maximum Gasteiger partial charge on any atom is 0.227 e. The Morgan fingerprint density at radius 3 is 2.16 bits per heavy atom. The highest BCUT2D eigenvalue weighted by Gasteiger charge is 2.09. The van der Waals surface area contributed by atoms with Gasteiger partial charge in [0.1, 0.15) is 11.5 Å². The Balaban J connectivity index is 1.80. The van der Waals surface area contributed by atoms with Gasteiger partial charge in [-0.15, -0.1) is 0 Å². The zero-order valence-corrected chi connectivity index (χ0v) is 13.8. The molecule has 0 bridgehead atoms. The van der Waals surface area contributed by atoms with E-state index in [4.69, 9.17) is 14.5 Å². The van der Waals surface area contributed by atoms with Gasteiger partial charge in [-0.1, -0.05) is 48.5 Å². The predicted molar refractivity (Wildman–Crippen MR) is 100 cm³/mol. The zero-order chi connectivity index (χ0) is 17.1. The first-order chi connectivity index (χ1) is 12.3. The van der Waals surface area contributed by atoms with E-state index in [1.54, 1.807) is 7.11 Å². The first kappa shape index (κ1) is 15.2. The van der Waals surface area contributed by atoms with Crippen molar-refractivity contribution >= 4 is 10.8 Å². The summed E-state index contributed by atoms with van der Waals surface area (Å²) in [5.74, 6) is 2.12. The van der Waals surface area contributed by atoms with E-state index in [0.29, 0.717) is 5.88 Å². The lowest BCUT2D eigenvalue weighted by molar-refractivity contribution is 0.412. The van der Waals surface area contributed by atoms with Gasteiger partial charge in [-0.2, -0.15) is 0 Å². The van der Waals surface area contributed by atoms with Crippen LogP contribution >= 0.6 is 0 Å². The first-order valence-corrected chi connectivity index (χ1v) is 8.10. The van der Waals surface area contributed by atoms with Crippen molar-refractivity contribution in [2.24, 2.45) is 0 Å². The minimum absolute atomic E-state index is 0.599. The van der Waals surface area contributed by atoms with E-state index in [0.717, 1.165) is 33.5 Å². The summed E-state index contributed by atoms with van der Waals surface area (Å²) in [6.45, 7) is 0. The number of benzene rings is 3. The second-order valence-corrected chi connectivity index (χ2v) is 5.68. The normalized spacial score (nSPS) is 10.6. The molecular weight excluding hydrogens is 310 g/mol. The van der Waals surface area contributed by atoms with Crippen LogP contribution < -0.4 is 9.47 Å². The van der Waals surface area contributed by atoms with Crippen LogP contribution in [0.25, 0.3) is 22.0 Å². The van der Waals surface area contributed by atoms with Crippen molar-refractivity contribution in [3.8, 4) is 28.6 Å². The summed E-state index contributed by atoms with van der Waals surface area (Å²) in [5.41, 5.74) is 1.95. The fourth-order valence-corrected chi connectivity index (χ4v) is 2.76. The van der Waals surface area contributed by atoms with Crippen molar-refractivity contribution in [2.45, 2.75) is 0 Å². The van der Waals surface area contributed by atoms with Gasteiger partial charge in [-0.05, 0) is 41.8 Å². The molecule has 0 spiro atoms. The number of hydrogen-bond acceptors (Lipinski definition) is 3. The Morgan fingerprint density at radius 2 is 1.40 bits per heavy atom. The third-order valence-corrected chi connectivity index (χ3v) is 4.05. The Kier molecular flexibility index (Phi) is 4.05. The van der Waals surface area contributed by atoms with E-state index in [1.807, 2.05) is 72.8 Å². The number of aromatic nitrogens is 1. The summed E-state index contributed by atoms with van der Waals surface area (Å²) in [6, 6.07) is 27.8. The average Bonchev–Trinajstić information content (AvgIpc) is 2.69. The van der Waals surface area contributed by atoms with Crippen LogP contribution in [-0.2, 0) is 0 Å². The van der Waals surface area contributed by atoms with Gasteiger partial charge in [0, 0.05) is 10.9 Å². The molecule has 0 aliphatic carbocycles. The van der Waals surface area contributed by atoms with E-state index >= 15 is 0 Å². The lowest BCUT2D eigenvalue weighted by Gasteiger charge is -2.11. The fraction of sp³-hybridized carbons (Fsp3) is 0.0455. The van der Waals surface area contributed by atoms with E-state index in [2.05, 4.69) is 12.1 Å². The zero-order valence-electron chi connectivity index (χ0n) is 13.8. The lowest BCUT2D eigenvalue weighted by Crippen LogP contribution is -1.93. The molecule has 0 atom stereocenters. The summed E-state index contributed by atoms with van der Waals surface area (Å²) < 4.78 is 11.3. The van der Waals surface area contributed by atoms with Gasteiger partial charge in [-0.25, -0.2) is 4.98 Å². The number of fused-ring (bicyclic) bond motifs is 1. The molecule has 1 aromatic heterocycles. The van der Waals surface area contributed by atoms with Crippen LogP contribution in [0.15, 0.2) is 84.9 Å². The van der Waals surface area contributed by atoms with E-state index < -0.39 is 0 Å². The molecule has 0 saturated carbocycles. The van der Waals surface area contributed by atoms with Crippen molar-refractivity contribution in [3.63, 3.8) is 0 Å². The van der Waals surface area contributed by atoms with Crippen molar-refractivity contribution in [1.29, 1.82) is 0 Å². The van der Waals surface area contributed by atoms with Crippen LogP contribution in [0.5, 0.6) is 17.4 Å². The quantitative estimate of drug-likeness (QED) is 0.481. The van der Waals surface area contributed by atoms with Crippen molar-refractivity contribution in [1.82, 2.24) is 4.98 Å². The van der Waals surface area contributed by atoms with Gasteiger partial charge < -0.3 is 9.47 Å². The SMILES string of the molecule is COc1ccc(Oc2nc(-c3ccccc3)cc3ccccc23)cc1. The molecule has 0 fully saturated rings. The Morgan fingerprint density at radius 1 is 0.720 bits per heavy atom. The molecule has 4 rings (SSSR count). The number of hydrogen-bond donors (Lipinski definition) is 0. The number of nitrogens with zero attached hydrogens (tertiary/aromatic N) is 1. The maximum atomic E-state index is 6.09. The second kappa shape index (κ2) is 6.65. The number of ether oxygens (including phenoxy) is 2. The van der Waals surface area contributed by atoms with Gasteiger partial charge >= 0.3 is 0 Å². The first-order valence-electron chi connectivity index (χ1n) is 8.10. The molecule has 1 heterocycles. The predicted octanol–water partition coefficient (Wildman–Crippen LogP) is 5.70. The molecule has 4 aromatic rings. The van der Waals surface area contributed by atoms with Gasteiger partial charge in [0.15, 0.2) is 0 Å². The van der Waals surface area contributed by atoms with Gasteiger partial charge in [0.25, 0.3) is 0 Å². The van der Waals surface area contributed by atoms with Crippen LogP contribution in [0.1, 0.15) is 0 Å². The van der Waals surface area contributed by atoms with Crippen LogP contribution in [0.3, 0.4) is 0 Å². The van der Waals surface area contributed by atoms with Crippen molar-refractivity contribution < 1.29 is 9.47 Å². The minimum Gasteiger partial charge on any atom is -0.497 e. The smallest absolute Gasteiger partial charge is 0.227 e. The minimum atomic E-state index is 0.599. The van der Waals surface area contributed by atoms with Crippen LogP contribution in [0, 0.1) is 0 Å². The summed E-state index contributed by atoms with van der Waals surface area (Å²) in [6.07, 6.45) is 0. The van der Waals surface area contributed by atoms with Gasteiger partial charge in [0.2, 0.25) is 5.88 Å². The topological polar surface area (TPSA) is 31.4 Å². The largest absolute Gasteiger partial charge is 0.497 e. The van der Waals surface area contributed by atoms with Gasteiger partial charge in [0.05, 0.1) is 12.8 Å². The highest BCUT2D eigenvalue weighted by Crippen LogP contribution is 2.32. The molecule has 0 unspecified atom stereocenters. The molecule has 3 heteroatoms. The summed E-state index contributed by atoms with van der Waals surface area (Å²) in [7, 11) is 1.65. The van der Waals surface area contributed by atoms with Gasteiger partial charge in [-0.3, -0.25) is 0 Å². The molecule has 0 saturated heterocycles. The monoisotopic (exact) mass is 327 g/mol. The third kappa shape index (κ3) is 3.17. The van der Waals surface area contributed by atoms with E-state index in [9.17, 15) is 0 Å². The van der Waals surface area contributed by atoms with Crippen molar-refractivity contribution in [2.75, 3.05) is 7.11 Å². The highest BCUT2D eigenvalue weighted by molar-refractivity contribution is 5.90. The molecule has 0 N–H and O–H groups in total. The van der Waals surface area contributed by atoms with Crippen molar-refractivity contribution in [3.05, 3.63) is 84.9 Å². The highest BCUT2D eigenvalue weighted by atomic mass is 16.5. The third-order valence-electron chi connectivity index (χ3n) is 4.05. The van der Waals surface area contributed by atoms with Crippen LogP contribution in [0.2, 0.25) is 0 Å².